The molecular weight excluding hydrogens is 466 g/mol. The number of hydrogen-bond donors (Lipinski definition) is 2. The zero-order chi connectivity index (χ0) is 24.8. The molecule has 1 aromatic carbocycles. The maximum Gasteiger partial charge on any atom is 0.408 e. The molecule has 0 bridgehead atoms. The number of aromatic nitrogens is 6. The number of ether oxygens (including phenoxy) is 1. The van der Waals surface area contributed by atoms with Crippen molar-refractivity contribution in [2.75, 3.05) is 0 Å². The van der Waals surface area contributed by atoms with E-state index < -0.39 is 17.2 Å². The molecule has 0 atom stereocenters. The lowest BCUT2D eigenvalue weighted by Crippen LogP contribution is -2.44. The fourth-order valence-electron chi connectivity index (χ4n) is 3.79. The molecule has 3 aromatic heterocycles. The van der Waals surface area contributed by atoms with Crippen molar-refractivity contribution in [2.24, 2.45) is 0 Å². The van der Waals surface area contributed by atoms with Crippen LogP contribution in [0.3, 0.4) is 0 Å². The third-order valence-electron chi connectivity index (χ3n) is 5.57. The lowest BCUT2D eigenvalue weighted by molar-refractivity contribution is 0.0465. The molecule has 0 saturated heterocycles. The van der Waals surface area contributed by atoms with E-state index in [2.05, 4.69) is 47.3 Å². The first-order valence-corrected chi connectivity index (χ1v) is 12.6. The molecule has 0 aliphatic heterocycles. The molecule has 0 unspecified atom stereocenters. The average molecular weight is 496 g/mol. The number of benzene rings is 1. The second-order valence-corrected chi connectivity index (χ2v) is 11.2. The number of fused-ring (bicyclic) bond motifs is 1. The van der Waals surface area contributed by atoms with Crippen molar-refractivity contribution in [3.63, 3.8) is 0 Å². The Morgan fingerprint density at radius 1 is 1.23 bits per heavy atom. The van der Waals surface area contributed by atoms with Crippen LogP contribution in [0.1, 0.15) is 65.2 Å². The molecular formula is C24H29N7O3S. The molecule has 1 aliphatic rings. The number of hydrogen-bond acceptors (Lipinski definition) is 8. The summed E-state index contributed by atoms with van der Waals surface area (Å²) in [6.45, 7) is 9.04. The van der Waals surface area contributed by atoms with Crippen molar-refractivity contribution in [1.82, 2.24) is 35.2 Å². The van der Waals surface area contributed by atoms with Crippen LogP contribution in [0.15, 0.2) is 40.1 Å². The first-order chi connectivity index (χ1) is 16.6. The number of nitrogens with zero attached hydrogens (tertiary/aromatic N) is 5. The van der Waals surface area contributed by atoms with Crippen LogP contribution in [0.25, 0.3) is 22.3 Å². The van der Waals surface area contributed by atoms with Crippen molar-refractivity contribution < 1.29 is 14.1 Å². The summed E-state index contributed by atoms with van der Waals surface area (Å²) in [7, 11) is 0. The van der Waals surface area contributed by atoms with Crippen molar-refractivity contribution in [1.29, 1.82) is 0 Å². The number of carbonyl (C=O) groups is 1. The Hall–Kier alpha value is -3.34. The maximum atomic E-state index is 12.2. The van der Waals surface area contributed by atoms with Gasteiger partial charge in [0.05, 0.1) is 5.75 Å². The van der Waals surface area contributed by atoms with Crippen LogP contribution in [0, 0.1) is 0 Å². The fraction of sp³-hybridized carbons (Fsp3) is 0.458. The number of amides is 1. The average Bonchev–Trinajstić information content (AvgIpc) is 3.18. The molecule has 0 spiro atoms. The quantitative estimate of drug-likeness (QED) is 0.335. The summed E-state index contributed by atoms with van der Waals surface area (Å²) in [5.41, 5.74) is 0.665. The van der Waals surface area contributed by atoms with Gasteiger partial charge in [-0.2, -0.15) is 4.98 Å². The van der Waals surface area contributed by atoms with E-state index in [0.717, 1.165) is 40.3 Å². The van der Waals surface area contributed by atoms with Crippen molar-refractivity contribution in [3.8, 4) is 11.4 Å². The largest absolute Gasteiger partial charge is 0.444 e. The monoisotopic (exact) mass is 495 g/mol. The Morgan fingerprint density at radius 2 is 2.00 bits per heavy atom. The molecule has 4 aromatic rings. The lowest BCUT2D eigenvalue weighted by Gasteiger charge is -2.26. The van der Waals surface area contributed by atoms with Crippen LogP contribution in [0.5, 0.6) is 0 Å². The predicted octanol–water partition coefficient (Wildman–Crippen LogP) is 5.20. The third kappa shape index (κ3) is 5.04. The van der Waals surface area contributed by atoms with Gasteiger partial charge in [0.15, 0.2) is 16.8 Å². The van der Waals surface area contributed by atoms with Gasteiger partial charge in [-0.25, -0.2) is 4.79 Å². The van der Waals surface area contributed by atoms with Gasteiger partial charge in [0.1, 0.15) is 11.1 Å². The molecule has 35 heavy (non-hydrogen) atoms. The Labute approximate surface area is 207 Å². The molecule has 184 valence electrons. The number of aromatic amines is 1. The van der Waals surface area contributed by atoms with Gasteiger partial charge in [-0.3, -0.25) is 4.57 Å². The minimum atomic E-state index is -0.856. The minimum absolute atomic E-state index is 0.377. The number of H-pyrrole nitrogens is 1. The van der Waals surface area contributed by atoms with Gasteiger partial charge in [-0.15, -0.1) is 10.2 Å². The summed E-state index contributed by atoms with van der Waals surface area (Å²) in [4.78, 5) is 20.0. The zero-order valence-electron chi connectivity index (χ0n) is 20.5. The summed E-state index contributed by atoms with van der Waals surface area (Å²) >= 11 is 1.51. The summed E-state index contributed by atoms with van der Waals surface area (Å²) < 4.78 is 13.0. The van der Waals surface area contributed by atoms with Crippen LogP contribution in [0.4, 0.5) is 4.79 Å². The van der Waals surface area contributed by atoms with Gasteiger partial charge >= 0.3 is 6.09 Å². The normalized spacial score (nSPS) is 14.4. The highest BCUT2D eigenvalue weighted by atomic mass is 32.2. The molecule has 0 radical (unpaired) electrons. The molecule has 3 heterocycles. The Kier molecular flexibility index (Phi) is 5.82. The van der Waals surface area contributed by atoms with E-state index in [4.69, 9.17) is 9.26 Å². The van der Waals surface area contributed by atoms with Crippen LogP contribution >= 0.6 is 11.8 Å². The topological polar surface area (TPSA) is 124 Å². The van der Waals surface area contributed by atoms with Crippen LogP contribution in [0.2, 0.25) is 0 Å². The predicted molar refractivity (Wildman–Crippen MR) is 132 cm³/mol. The van der Waals surface area contributed by atoms with E-state index in [0.29, 0.717) is 23.5 Å². The summed E-state index contributed by atoms with van der Waals surface area (Å²) in [5.74, 6) is 2.13. The van der Waals surface area contributed by atoms with Gasteiger partial charge in [-0.05, 0) is 53.5 Å². The second-order valence-electron chi connectivity index (χ2n) is 10.2. The minimum Gasteiger partial charge on any atom is -0.444 e. The molecule has 1 fully saturated rings. The van der Waals surface area contributed by atoms with Crippen LogP contribution in [-0.2, 0) is 16.0 Å². The number of para-hydroxylation sites is 1. The van der Waals surface area contributed by atoms with Gasteiger partial charge < -0.3 is 19.6 Å². The van der Waals surface area contributed by atoms with Crippen molar-refractivity contribution in [3.05, 3.63) is 42.2 Å². The van der Waals surface area contributed by atoms with E-state index in [-0.39, 0.29) is 0 Å². The molecule has 2 N–H and O–H groups in total. The first-order valence-electron chi connectivity index (χ1n) is 11.6. The lowest BCUT2D eigenvalue weighted by atomic mass is 10.1. The number of carbonyl (C=O) groups excluding carboxylic acids is 1. The highest BCUT2D eigenvalue weighted by Crippen LogP contribution is 2.42. The Bertz CT molecular complexity index is 1360. The fourth-order valence-corrected chi connectivity index (χ4v) is 4.63. The van der Waals surface area contributed by atoms with E-state index in [1.807, 2.05) is 39.1 Å². The maximum absolute atomic E-state index is 12.2. The second kappa shape index (κ2) is 8.71. The highest BCUT2D eigenvalue weighted by Gasteiger charge is 2.33. The van der Waals surface area contributed by atoms with Gasteiger partial charge in [0.2, 0.25) is 5.89 Å². The van der Waals surface area contributed by atoms with Crippen molar-refractivity contribution in [2.45, 2.75) is 75.6 Å². The standard InChI is InChI=1S/C24H29N7O3S/c1-23(2,3)33-22(32)27-24(4,5)20-26-18(34-30-20)13-35-21-29-28-19(31(21)14-10-11-14)16-12-25-17-9-7-6-8-15(16)17/h6-9,12,14,25H,10-11,13H2,1-5H3,(H,27,32). The molecule has 5 rings (SSSR count). The van der Waals surface area contributed by atoms with Crippen LogP contribution < -0.4 is 5.32 Å². The molecule has 10 nitrogen and oxygen atoms in total. The summed E-state index contributed by atoms with van der Waals surface area (Å²) in [6, 6.07) is 8.58. The van der Waals surface area contributed by atoms with Gasteiger partial charge in [-0.1, -0.05) is 35.1 Å². The molecule has 11 heteroatoms. The first kappa shape index (κ1) is 23.4. The van der Waals surface area contributed by atoms with Gasteiger partial charge in [0.25, 0.3) is 0 Å². The summed E-state index contributed by atoms with van der Waals surface area (Å²) in [5, 5.41) is 17.8. The Balaban J connectivity index is 1.31. The smallest absolute Gasteiger partial charge is 0.408 e. The molecule has 1 saturated carbocycles. The van der Waals surface area contributed by atoms with Crippen LogP contribution in [-0.4, -0.2) is 41.6 Å². The van der Waals surface area contributed by atoms with E-state index in [1.165, 1.54) is 11.8 Å². The van der Waals surface area contributed by atoms with E-state index >= 15 is 0 Å². The summed E-state index contributed by atoms with van der Waals surface area (Å²) in [6.07, 6.45) is 3.67. The SMILES string of the molecule is CC(C)(C)OC(=O)NC(C)(C)c1noc(CSc2nnc(-c3c[nH]c4ccccc34)n2C2CC2)n1. The molecule has 1 aliphatic carbocycles. The number of rotatable bonds is 7. The van der Waals surface area contributed by atoms with Crippen molar-refractivity contribution >= 4 is 28.8 Å². The highest BCUT2D eigenvalue weighted by molar-refractivity contribution is 7.98. The van der Waals surface area contributed by atoms with E-state index in [9.17, 15) is 4.79 Å². The third-order valence-corrected chi connectivity index (χ3v) is 6.50. The zero-order valence-corrected chi connectivity index (χ0v) is 21.3. The molecule has 1 amide bonds. The van der Waals surface area contributed by atoms with E-state index in [1.54, 1.807) is 13.8 Å². The Morgan fingerprint density at radius 3 is 2.74 bits per heavy atom. The van der Waals surface area contributed by atoms with Gasteiger partial charge in [0, 0.05) is 28.7 Å². The number of thioether (sulfide) groups is 1. The number of alkyl carbamates (subject to hydrolysis) is 1. The number of nitrogens with one attached hydrogen (secondary N) is 2.